The summed E-state index contributed by atoms with van der Waals surface area (Å²) in [5.41, 5.74) is 3.05. The molecule has 0 aliphatic carbocycles. The normalized spacial score (nSPS) is 11.2. The lowest BCUT2D eigenvalue weighted by Gasteiger charge is -2.11. The summed E-state index contributed by atoms with van der Waals surface area (Å²) in [6, 6.07) is 11.9. The van der Waals surface area contributed by atoms with Crippen molar-refractivity contribution >= 4 is 46.2 Å². The Kier molecular flexibility index (Phi) is 5.89. The fourth-order valence-corrected chi connectivity index (χ4v) is 2.10. The van der Waals surface area contributed by atoms with Gasteiger partial charge in [0.2, 0.25) is 0 Å². The summed E-state index contributed by atoms with van der Waals surface area (Å²) in [4.78, 5) is 18.0. The Hall–Kier alpha value is -1.95. The lowest BCUT2D eigenvalue weighted by atomic mass is 10.1. The van der Waals surface area contributed by atoms with Gasteiger partial charge in [-0.05, 0) is 70.1 Å². The predicted octanol–water partition coefficient (Wildman–Crippen LogP) is 4.05. The Balaban J connectivity index is 1.97. The Morgan fingerprint density at radius 2 is 1.59 bits per heavy atom. The quantitative estimate of drug-likeness (QED) is 0.429. The molecule has 0 amide bonds. The van der Waals surface area contributed by atoms with Crippen molar-refractivity contribution in [1.82, 2.24) is 4.98 Å². The number of pyridine rings is 1. The fraction of sp³-hybridized carbons (Fsp3) is 0.111. The van der Waals surface area contributed by atoms with Gasteiger partial charge in [-0.2, -0.15) is 0 Å². The number of rotatable bonds is 5. The molecule has 0 fully saturated rings. The molecule has 0 N–H and O–H groups in total. The van der Waals surface area contributed by atoms with Gasteiger partial charge < -0.3 is 4.90 Å². The largest absolute Gasteiger partial charge is 0.378 e. The van der Waals surface area contributed by atoms with Crippen molar-refractivity contribution in [3.05, 3.63) is 69.6 Å². The van der Waals surface area contributed by atoms with Gasteiger partial charge in [0.15, 0.2) is 5.78 Å². The van der Waals surface area contributed by atoms with Crippen LogP contribution in [0.25, 0.3) is 12.2 Å². The van der Waals surface area contributed by atoms with Crippen molar-refractivity contribution in [3.8, 4) is 0 Å². The molecule has 1 aromatic heterocycles. The van der Waals surface area contributed by atoms with Gasteiger partial charge in [0.05, 0.1) is 0 Å². The van der Waals surface area contributed by atoms with E-state index in [-0.39, 0.29) is 5.78 Å². The molecule has 1 aromatic carbocycles. The molecule has 1 heterocycles. The van der Waals surface area contributed by atoms with Gasteiger partial charge in [-0.25, -0.2) is 4.98 Å². The highest BCUT2D eigenvalue weighted by atomic mass is 127. The van der Waals surface area contributed by atoms with E-state index < -0.39 is 0 Å². The van der Waals surface area contributed by atoms with Crippen LogP contribution < -0.4 is 4.90 Å². The molecule has 2 aromatic rings. The van der Waals surface area contributed by atoms with Gasteiger partial charge in [-0.15, -0.1) is 0 Å². The minimum Gasteiger partial charge on any atom is -0.378 e. The molecule has 2 rings (SSSR count). The standard InChI is InChI=1S/C18H17IN2O/c1-21(2)16-8-3-14(4-9-16)5-10-17(22)11-6-15-7-12-18(19)20-13-15/h3-13H,1-2H3/b10-5+,11-6+. The van der Waals surface area contributed by atoms with Crippen molar-refractivity contribution in [2.75, 3.05) is 19.0 Å². The fourth-order valence-electron chi connectivity index (χ4n) is 1.78. The number of allylic oxidation sites excluding steroid dienone is 2. The molecule has 0 aliphatic heterocycles. The van der Waals surface area contributed by atoms with E-state index in [1.54, 1.807) is 24.4 Å². The van der Waals surface area contributed by atoms with E-state index in [1.807, 2.05) is 61.5 Å². The lowest BCUT2D eigenvalue weighted by Crippen LogP contribution is -2.07. The molecule has 0 spiro atoms. The minimum absolute atomic E-state index is 0.0461. The van der Waals surface area contributed by atoms with Crippen LogP contribution >= 0.6 is 22.6 Å². The van der Waals surface area contributed by atoms with E-state index in [0.717, 1.165) is 20.5 Å². The number of anilines is 1. The van der Waals surface area contributed by atoms with Crippen molar-refractivity contribution in [2.24, 2.45) is 0 Å². The highest BCUT2D eigenvalue weighted by Gasteiger charge is 1.95. The SMILES string of the molecule is CN(C)c1ccc(/C=C/C(=O)/C=C/c2ccc(I)nc2)cc1. The summed E-state index contributed by atoms with van der Waals surface area (Å²) in [5, 5.41) is 0. The number of hydrogen-bond donors (Lipinski definition) is 0. The van der Waals surface area contributed by atoms with Crippen LogP contribution in [0.15, 0.2) is 54.7 Å². The van der Waals surface area contributed by atoms with E-state index in [0.29, 0.717) is 0 Å². The van der Waals surface area contributed by atoms with Gasteiger partial charge in [0.1, 0.15) is 3.70 Å². The zero-order valence-corrected chi connectivity index (χ0v) is 14.7. The molecule has 3 nitrogen and oxygen atoms in total. The number of carbonyl (C=O) groups excluding carboxylic acids is 1. The van der Waals surface area contributed by atoms with E-state index in [4.69, 9.17) is 0 Å². The van der Waals surface area contributed by atoms with E-state index in [9.17, 15) is 4.79 Å². The molecule has 0 saturated heterocycles. The van der Waals surface area contributed by atoms with Gasteiger partial charge >= 0.3 is 0 Å². The van der Waals surface area contributed by atoms with Crippen molar-refractivity contribution in [2.45, 2.75) is 0 Å². The summed E-state index contributed by atoms with van der Waals surface area (Å²) < 4.78 is 0.933. The zero-order valence-electron chi connectivity index (χ0n) is 12.5. The molecule has 0 bridgehead atoms. The van der Waals surface area contributed by atoms with Crippen molar-refractivity contribution in [1.29, 1.82) is 0 Å². The first-order valence-corrected chi connectivity index (χ1v) is 7.91. The van der Waals surface area contributed by atoms with Gasteiger partial charge in [-0.1, -0.05) is 24.3 Å². The average Bonchev–Trinajstić information content (AvgIpc) is 2.52. The van der Waals surface area contributed by atoms with Crippen LogP contribution in [0.2, 0.25) is 0 Å². The molecule has 0 radical (unpaired) electrons. The Morgan fingerprint density at radius 3 is 2.14 bits per heavy atom. The number of benzene rings is 1. The maximum absolute atomic E-state index is 11.8. The third-order valence-electron chi connectivity index (χ3n) is 3.04. The number of halogens is 1. The second-order valence-corrected chi connectivity index (χ2v) is 6.07. The summed E-state index contributed by atoms with van der Waals surface area (Å²) in [7, 11) is 4.00. The topological polar surface area (TPSA) is 33.2 Å². The Bertz CT molecular complexity index is 686. The van der Waals surface area contributed by atoms with E-state index in [1.165, 1.54) is 0 Å². The van der Waals surface area contributed by atoms with Gasteiger partial charge in [-0.3, -0.25) is 4.79 Å². The maximum Gasteiger partial charge on any atom is 0.178 e. The minimum atomic E-state index is -0.0461. The highest BCUT2D eigenvalue weighted by Crippen LogP contribution is 2.13. The number of hydrogen-bond acceptors (Lipinski definition) is 3. The third kappa shape index (κ3) is 5.11. The van der Waals surface area contributed by atoms with Crippen LogP contribution in [0, 0.1) is 3.70 Å². The Labute approximate surface area is 144 Å². The van der Waals surface area contributed by atoms with Crippen LogP contribution in [0.3, 0.4) is 0 Å². The second-order valence-electron chi connectivity index (χ2n) is 4.97. The highest BCUT2D eigenvalue weighted by molar-refractivity contribution is 14.1. The first kappa shape index (κ1) is 16.4. The maximum atomic E-state index is 11.8. The molecule has 22 heavy (non-hydrogen) atoms. The first-order chi connectivity index (χ1) is 10.5. The van der Waals surface area contributed by atoms with E-state index in [2.05, 4.69) is 27.6 Å². The van der Waals surface area contributed by atoms with Gasteiger partial charge in [0.25, 0.3) is 0 Å². The predicted molar refractivity (Wildman–Crippen MR) is 101 cm³/mol. The smallest absolute Gasteiger partial charge is 0.178 e. The number of carbonyl (C=O) groups is 1. The number of aromatic nitrogens is 1. The van der Waals surface area contributed by atoms with E-state index >= 15 is 0 Å². The molecule has 0 atom stereocenters. The van der Waals surface area contributed by atoms with Crippen LogP contribution in [-0.2, 0) is 4.79 Å². The Morgan fingerprint density at radius 1 is 1.00 bits per heavy atom. The van der Waals surface area contributed by atoms with Gasteiger partial charge in [0, 0.05) is 26.0 Å². The van der Waals surface area contributed by atoms with Crippen molar-refractivity contribution < 1.29 is 4.79 Å². The van der Waals surface area contributed by atoms with Crippen LogP contribution in [0.5, 0.6) is 0 Å². The third-order valence-corrected chi connectivity index (χ3v) is 3.68. The zero-order chi connectivity index (χ0) is 15.9. The summed E-state index contributed by atoms with van der Waals surface area (Å²) in [6.45, 7) is 0. The molecule has 0 saturated carbocycles. The van der Waals surface area contributed by atoms with Crippen LogP contribution in [0.1, 0.15) is 11.1 Å². The number of ketones is 1. The van der Waals surface area contributed by atoms with Crippen molar-refractivity contribution in [3.63, 3.8) is 0 Å². The lowest BCUT2D eigenvalue weighted by molar-refractivity contribution is -0.110. The first-order valence-electron chi connectivity index (χ1n) is 6.84. The molecule has 0 unspecified atom stereocenters. The monoisotopic (exact) mass is 404 g/mol. The molecule has 4 heteroatoms. The number of nitrogens with zero attached hydrogens (tertiary/aromatic N) is 2. The molecule has 0 aliphatic rings. The summed E-state index contributed by atoms with van der Waals surface area (Å²) in [6.07, 6.45) is 8.45. The summed E-state index contributed by atoms with van der Waals surface area (Å²) >= 11 is 2.15. The molecular formula is C18H17IN2O. The molecular weight excluding hydrogens is 387 g/mol. The summed E-state index contributed by atoms with van der Waals surface area (Å²) in [5.74, 6) is -0.0461. The average molecular weight is 404 g/mol. The van der Waals surface area contributed by atoms with Crippen LogP contribution in [0.4, 0.5) is 5.69 Å². The molecule has 112 valence electrons. The second kappa shape index (κ2) is 7.89. The van der Waals surface area contributed by atoms with Crippen LogP contribution in [-0.4, -0.2) is 24.9 Å².